The van der Waals surface area contributed by atoms with Crippen molar-refractivity contribution in [2.45, 2.75) is 46.5 Å². The van der Waals surface area contributed by atoms with Gasteiger partial charge >= 0.3 is 0 Å². The molecule has 0 unspecified atom stereocenters. The molecule has 0 aliphatic heterocycles. The number of benzene rings is 1. The highest BCUT2D eigenvalue weighted by molar-refractivity contribution is 5.22. The van der Waals surface area contributed by atoms with Crippen molar-refractivity contribution in [2.75, 3.05) is 6.54 Å². The zero-order chi connectivity index (χ0) is 12.0. The predicted molar refractivity (Wildman–Crippen MR) is 71.6 cm³/mol. The lowest BCUT2D eigenvalue weighted by Gasteiger charge is -2.22. The molecule has 90 valence electrons. The number of rotatable bonds is 6. The van der Waals surface area contributed by atoms with Crippen LogP contribution in [-0.4, -0.2) is 6.54 Å². The Balaban J connectivity index is 2.49. The van der Waals surface area contributed by atoms with Crippen molar-refractivity contribution in [1.29, 1.82) is 0 Å². The lowest BCUT2D eigenvalue weighted by atomic mass is 9.86. The maximum Gasteiger partial charge on any atom is -0.00257 e. The molecule has 1 heteroatoms. The minimum atomic E-state index is 0.266. The number of hydrogen-bond acceptors (Lipinski definition) is 1. The predicted octanol–water partition coefficient (Wildman–Crippen LogP) is 3.56. The first-order chi connectivity index (χ1) is 7.57. The first-order valence-electron chi connectivity index (χ1n) is 6.35. The summed E-state index contributed by atoms with van der Waals surface area (Å²) in [7, 11) is 0. The number of nitrogens with two attached hydrogens (primary N) is 1. The van der Waals surface area contributed by atoms with E-state index in [1.165, 1.54) is 24.0 Å². The van der Waals surface area contributed by atoms with Gasteiger partial charge in [-0.2, -0.15) is 0 Å². The van der Waals surface area contributed by atoms with Crippen molar-refractivity contribution in [1.82, 2.24) is 0 Å². The average Bonchev–Trinajstić information content (AvgIpc) is 2.29. The molecule has 16 heavy (non-hydrogen) atoms. The van der Waals surface area contributed by atoms with Gasteiger partial charge in [0.25, 0.3) is 0 Å². The van der Waals surface area contributed by atoms with Crippen LogP contribution in [0.15, 0.2) is 24.3 Å². The van der Waals surface area contributed by atoms with Gasteiger partial charge in [-0.05, 0) is 42.3 Å². The van der Waals surface area contributed by atoms with E-state index in [-0.39, 0.29) is 5.41 Å². The van der Waals surface area contributed by atoms with Crippen LogP contribution in [0.1, 0.15) is 44.7 Å². The van der Waals surface area contributed by atoms with Gasteiger partial charge in [0.15, 0.2) is 0 Å². The Kier molecular flexibility index (Phi) is 5.01. The summed E-state index contributed by atoms with van der Waals surface area (Å²) in [6.07, 6.45) is 4.71. The molecule has 0 bridgehead atoms. The summed E-state index contributed by atoms with van der Waals surface area (Å²) in [5.41, 5.74) is 8.88. The van der Waals surface area contributed by atoms with Crippen molar-refractivity contribution >= 4 is 0 Å². The third-order valence-corrected chi connectivity index (χ3v) is 3.20. The molecule has 0 fully saturated rings. The Morgan fingerprint density at radius 2 is 1.50 bits per heavy atom. The Labute approximate surface area is 100 Å². The Morgan fingerprint density at radius 1 is 1.00 bits per heavy atom. The average molecular weight is 219 g/mol. The quantitative estimate of drug-likeness (QED) is 0.778. The largest absolute Gasteiger partial charge is 0.330 e. The van der Waals surface area contributed by atoms with Crippen LogP contribution in [0.2, 0.25) is 0 Å². The molecule has 0 radical (unpaired) electrons. The van der Waals surface area contributed by atoms with Crippen LogP contribution in [0.25, 0.3) is 0 Å². The second-order valence-corrected chi connectivity index (χ2v) is 5.43. The highest BCUT2D eigenvalue weighted by atomic mass is 14.6. The summed E-state index contributed by atoms with van der Waals surface area (Å²) in [5.74, 6) is 0. The summed E-state index contributed by atoms with van der Waals surface area (Å²) in [5, 5.41) is 0. The maximum atomic E-state index is 5.73. The lowest BCUT2D eigenvalue weighted by Crippen LogP contribution is -2.24. The third kappa shape index (κ3) is 4.36. The van der Waals surface area contributed by atoms with E-state index in [1.807, 2.05) is 0 Å². The van der Waals surface area contributed by atoms with Crippen LogP contribution in [0.4, 0.5) is 0 Å². The molecule has 1 nitrogen and oxygen atoms in total. The van der Waals surface area contributed by atoms with Crippen LogP contribution in [0.5, 0.6) is 0 Å². The highest BCUT2D eigenvalue weighted by Crippen LogP contribution is 2.21. The Morgan fingerprint density at radius 3 is 1.94 bits per heavy atom. The van der Waals surface area contributed by atoms with Gasteiger partial charge in [-0.25, -0.2) is 0 Å². The molecule has 0 amide bonds. The van der Waals surface area contributed by atoms with E-state index in [2.05, 4.69) is 45.0 Å². The van der Waals surface area contributed by atoms with E-state index in [0.717, 1.165) is 19.4 Å². The van der Waals surface area contributed by atoms with Gasteiger partial charge in [-0.1, -0.05) is 51.5 Å². The van der Waals surface area contributed by atoms with Crippen molar-refractivity contribution in [2.24, 2.45) is 11.1 Å². The van der Waals surface area contributed by atoms with E-state index < -0.39 is 0 Å². The van der Waals surface area contributed by atoms with E-state index >= 15 is 0 Å². The normalized spacial score (nSPS) is 11.8. The molecule has 1 rings (SSSR count). The summed E-state index contributed by atoms with van der Waals surface area (Å²) < 4.78 is 0. The van der Waals surface area contributed by atoms with E-state index in [4.69, 9.17) is 5.73 Å². The SMILES string of the molecule is CCCc1ccc(CCC(C)(C)CN)cc1. The Bertz CT molecular complexity index is 298. The second-order valence-electron chi connectivity index (χ2n) is 5.43. The molecule has 0 aliphatic rings. The topological polar surface area (TPSA) is 26.0 Å². The van der Waals surface area contributed by atoms with Crippen LogP contribution < -0.4 is 5.73 Å². The molecule has 1 aromatic carbocycles. The fourth-order valence-electron chi connectivity index (χ4n) is 1.75. The third-order valence-electron chi connectivity index (χ3n) is 3.20. The molecule has 0 saturated heterocycles. The fourth-order valence-corrected chi connectivity index (χ4v) is 1.75. The van der Waals surface area contributed by atoms with Gasteiger partial charge in [-0.3, -0.25) is 0 Å². The van der Waals surface area contributed by atoms with Crippen molar-refractivity contribution in [3.63, 3.8) is 0 Å². The van der Waals surface area contributed by atoms with Gasteiger partial charge < -0.3 is 5.73 Å². The van der Waals surface area contributed by atoms with Crippen molar-refractivity contribution in [3.05, 3.63) is 35.4 Å². The molecule has 0 saturated carbocycles. The first-order valence-corrected chi connectivity index (χ1v) is 6.35. The van der Waals surface area contributed by atoms with Crippen LogP contribution in [0.3, 0.4) is 0 Å². The minimum absolute atomic E-state index is 0.266. The van der Waals surface area contributed by atoms with E-state index in [9.17, 15) is 0 Å². The smallest absolute Gasteiger partial charge is 0.00257 e. The summed E-state index contributed by atoms with van der Waals surface area (Å²) in [4.78, 5) is 0. The first kappa shape index (κ1) is 13.2. The highest BCUT2D eigenvalue weighted by Gasteiger charge is 2.14. The number of hydrogen-bond donors (Lipinski definition) is 1. The van der Waals surface area contributed by atoms with E-state index in [0.29, 0.717) is 0 Å². The summed E-state index contributed by atoms with van der Waals surface area (Å²) in [6.45, 7) is 7.45. The molecular formula is C15H25N. The molecule has 1 aromatic rings. The molecular weight excluding hydrogens is 194 g/mol. The molecule has 0 aliphatic carbocycles. The molecule has 0 spiro atoms. The van der Waals surface area contributed by atoms with Crippen molar-refractivity contribution in [3.8, 4) is 0 Å². The van der Waals surface area contributed by atoms with Crippen molar-refractivity contribution < 1.29 is 0 Å². The summed E-state index contributed by atoms with van der Waals surface area (Å²) in [6, 6.07) is 9.04. The standard InChI is InChI=1S/C15H25N/c1-4-5-13-6-8-14(9-7-13)10-11-15(2,3)12-16/h6-9H,4-5,10-12,16H2,1-3H3. The van der Waals surface area contributed by atoms with Gasteiger partial charge in [0.05, 0.1) is 0 Å². The zero-order valence-electron chi connectivity index (χ0n) is 10.9. The molecule has 0 aromatic heterocycles. The Hall–Kier alpha value is -0.820. The van der Waals surface area contributed by atoms with Gasteiger partial charge in [0.2, 0.25) is 0 Å². The molecule has 2 N–H and O–H groups in total. The van der Waals surface area contributed by atoms with Crippen LogP contribution >= 0.6 is 0 Å². The maximum absolute atomic E-state index is 5.73. The lowest BCUT2D eigenvalue weighted by molar-refractivity contribution is 0.348. The van der Waals surface area contributed by atoms with Crippen LogP contribution in [-0.2, 0) is 12.8 Å². The summed E-state index contributed by atoms with van der Waals surface area (Å²) >= 11 is 0. The van der Waals surface area contributed by atoms with E-state index in [1.54, 1.807) is 0 Å². The van der Waals surface area contributed by atoms with Gasteiger partial charge in [-0.15, -0.1) is 0 Å². The van der Waals surface area contributed by atoms with Crippen LogP contribution in [0, 0.1) is 5.41 Å². The molecule has 0 atom stereocenters. The molecule has 0 heterocycles. The van der Waals surface area contributed by atoms with Gasteiger partial charge in [0, 0.05) is 0 Å². The zero-order valence-corrected chi connectivity index (χ0v) is 10.9. The number of aryl methyl sites for hydroxylation is 2. The minimum Gasteiger partial charge on any atom is -0.330 e. The second kappa shape index (κ2) is 6.05. The monoisotopic (exact) mass is 219 g/mol. The van der Waals surface area contributed by atoms with Gasteiger partial charge in [0.1, 0.15) is 0 Å². The fraction of sp³-hybridized carbons (Fsp3) is 0.600.